The third-order valence-corrected chi connectivity index (χ3v) is 10.2. The molecule has 0 atom stereocenters. The minimum absolute atomic E-state index is 0.430. The SMILES string of the molecule is COc1cc(P2(=O)CCN(C3CC3)CC2)ccc1Nc1nc(NC2CC2)c2c(Cl)c[nH]c2n1. The van der Waals surface area contributed by atoms with Crippen LogP contribution in [0, 0.1) is 0 Å². The predicted octanol–water partition coefficient (Wildman–Crippen LogP) is 4.40. The van der Waals surface area contributed by atoms with E-state index in [0.717, 1.165) is 66.5 Å². The first kappa shape index (κ1) is 21.3. The maximum atomic E-state index is 13.7. The van der Waals surface area contributed by atoms with Crippen LogP contribution in [0.1, 0.15) is 25.7 Å². The maximum Gasteiger partial charge on any atom is 0.231 e. The highest BCUT2D eigenvalue weighted by molar-refractivity contribution is 7.71. The standard InChI is InChI=1S/C23H28ClN6O2P/c1-32-19-12-16(33(31)10-8-30(9-11-33)15-4-5-15)6-7-18(19)27-23-28-21-20(17(24)13-25-21)22(29-23)26-14-2-3-14/h6-7,12-15H,2-5,8-11H2,1H3,(H3,25,26,27,28,29). The summed E-state index contributed by atoms with van der Waals surface area (Å²) in [6.45, 7) is 1.85. The summed E-state index contributed by atoms with van der Waals surface area (Å²) in [7, 11) is -0.785. The van der Waals surface area contributed by atoms with Crippen LogP contribution in [0.2, 0.25) is 5.02 Å². The molecule has 33 heavy (non-hydrogen) atoms. The van der Waals surface area contributed by atoms with E-state index in [0.29, 0.717) is 28.4 Å². The Hall–Kier alpha value is -2.28. The lowest BCUT2D eigenvalue weighted by molar-refractivity contribution is 0.285. The van der Waals surface area contributed by atoms with Crippen LogP contribution < -0.4 is 20.7 Å². The third-order valence-electron chi connectivity index (χ3n) is 6.86. The first-order valence-corrected chi connectivity index (χ1v) is 14.1. The molecule has 174 valence electrons. The van der Waals surface area contributed by atoms with E-state index < -0.39 is 7.14 Å². The Balaban J connectivity index is 1.26. The molecule has 3 aromatic rings. The van der Waals surface area contributed by atoms with Crippen molar-refractivity contribution in [1.29, 1.82) is 0 Å². The van der Waals surface area contributed by atoms with Gasteiger partial charge in [-0.3, -0.25) is 4.90 Å². The second-order valence-corrected chi connectivity index (χ2v) is 12.9. The van der Waals surface area contributed by atoms with Gasteiger partial charge in [-0.2, -0.15) is 9.97 Å². The van der Waals surface area contributed by atoms with Crippen molar-refractivity contribution in [2.45, 2.75) is 37.8 Å². The fourth-order valence-corrected chi connectivity index (χ4v) is 7.43. The largest absolute Gasteiger partial charge is 0.495 e. The zero-order valence-electron chi connectivity index (χ0n) is 18.6. The van der Waals surface area contributed by atoms with Gasteiger partial charge < -0.3 is 24.9 Å². The monoisotopic (exact) mass is 486 g/mol. The molecule has 1 aromatic carbocycles. The number of aromatic amines is 1. The number of rotatable bonds is 7. The van der Waals surface area contributed by atoms with Crippen LogP contribution in [-0.4, -0.2) is 64.5 Å². The number of anilines is 3. The lowest BCUT2D eigenvalue weighted by Gasteiger charge is -2.32. The van der Waals surface area contributed by atoms with Crippen LogP contribution in [-0.2, 0) is 4.57 Å². The number of ether oxygens (including phenoxy) is 1. The fourth-order valence-electron chi connectivity index (χ4n) is 4.60. The molecule has 0 radical (unpaired) electrons. The van der Waals surface area contributed by atoms with Crippen molar-refractivity contribution in [1.82, 2.24) is 19.9 Å². The van der Waals surface area contributed by atoms with E-state index in [4.69, 9.17) is 16.3 Å². The summed E-state index contributed by atoms with van der Waals surface area (Å²) < 4.78 is 19.4. The molecule has 0 spiro atoms. The second kappa shape index (κ2) is 8.19. The zero-order chi connectivity index (χ0) is 22.6. The van der Waals surface area contributed by atoms with Crippen molar-refractivity contribution in [3.8, 4) is 5.75 Å². The van der Waals surface area contributed by atoms with Gasteiger partial charge in [-0.15, -0.1) is 0 Å². The molecule has 1 aliphatic heterocycles. The van der Waals surface area contributed by atoms with E-state index in [-0.39, 0.29) is 0 Å². The summed E-state index contributed by atoms with van der Waals surface area (Å²) in [5, 5.41) is 9.02. The van der Waals surface area contributed by atoms with E-state index in [1.807, 2.05) is 18.2 Å². The molecule has 10 heteroatoms. The van der Waals surface area contributed by atoms with Crippen molar-refractivity contribution in [3.05, 3.63) is 29.4 Å². The molecule has 0 unspecified atom stereocenters. The highest BCUT2D eigenvalue weighted by atomic mass is 35.5. The molecule has 2 saturated carbocycles. The predicted molar refractivity (Wildman–Crippen MR) is 133 cm³/mol. The third kappa shape index (κ3) is 4.20. The van der Waals surface area contributed by atoms with Crippen LogP contribution in [0.25, 0.3) is 11.0 Å². The van der Waals surface area contributed by atoms with Gasteiger partial charge in [-0.1, -0.05) is 11.6 Å². The molecule has 3 fully saturated rings. The number of nitrogens with zero attached hydrogens (tertiary/aromatic N) is 3. The smallest absolute Gasteiger partial charge is 0.231 e. The topological polar surface area (TPSA) is 95.2 Å². The molecule has 2 aromatic heterocycles. The average molecular weight is 487 g/mol. The highest BCUT2D eigenvalue weighted by Crippen LogP contribution is 2.49. The van der Waals surface area contributed by atoms with Gasteiger partial charge in [0.2, 0.25) is 5.95 Å². The Bertz CT molecular complexity index is 1240. The number of hydrogen-bond acceptors (Lipinski definition) is 7. The molecule has 3 aliphatic rings. The number of H-pyrrole nitrogens is 1. The van der Waals surface area contributed by atoms with Gasteiger partial charge >= 0.3 is 0 Å². The second-order valence-electron chi connectivity index (χ2n) is 9.29. The normalized spacial score (nSPS) is 20.7. The summed E-state index contributed by atoms with van der Waals surface area (Å²) in [5.74, 6) is 1.80. The summed E-state index contributed by atoms with van der Waals surface area (Å²) in [5.41, 5.74) is 1.40. The van der Waals surface area contributed by atoms with Gasteiger partial charge in [0, 0.05) is 49.0 Å². The van der Waals surface area contributed by atoms with Crippen LogP contribution in [0.5, 0.6) is 5.75 Å². The van der Waals surface area contributed by atoms with Crippen LogP contribution in [0.3, 0.4) is 0 Å². The maximum absolute atomic E-state index is 13.7. The van der Waals surface area contributed by atoms with E-state index >= 15 is 0 Å². The highest BCUT2D eigenvalue weighted by Gasteiger charge is 2.37. The van der Waals surface area contributed by atoms with Gasteiger partial charge in [0.25, 0.3) is 0 Å². The number of aromatic nitrogens is 3. The van der Waals surface area contributed by atoms with Gasteiger partial charge in [-0.05, 0) is 43.9 Å². The lowest BCUT2D eigenvalue weighted by Crippen LogP contribution is -2.38. The number of fused-ring (bicyclic) bond motifs is 1. The van der Waals surface area contributed by atoms with E-state index in [2.05, 4.69) is 30.5 Å². The molecule has 6 rings (SSSR count). The minimum Gasteiger partial charge on any atom is -0.495 e. The lowest BCUT2D eigenvalue weighted by atomic mass is 10.3. The Kier molecular flexibility index (Phi) is 5.28. The van der Waals surface area contributed by atoms with Gasteiger partial charge in [0.1, 0.15) is 24.4 Å². The van der Waals surface area contributed by atoms with Crippen LogP contribution >= 0.6 is 18.7 Å². The molecule has 8 nitrogen and oxygen atoms in total. The summed E-state index contributed by atoms with van der Waals surface area (Å²) in [6, 6.07) is 6.96. The van der Waals surface area contributed by atoms with Crippen molar-refractivity contribution in [2.24, 2.45) is 0 Å². The Labute approximate surface area is 197 Å². The van der Waals surface area contributed by atoms with Crippen molar-refractivity contribution < 1.29 is 9.30 Å². The molecular formula is C23H28ClN6O2P. The minimum atomic E-state index is -2.41. The van der Waals surface area contributed by atoms with Crippen LogP contribution in [0.15, 0.2) is 24.4 Å². The van der Waals surface area contributed by atoms with E-state index in [1.165, 1.54) is 12.8 Å². The number of benzene rings is 1. The molecule has 0 bridgehead atoms. The quantitative estimate of drug-likeness (QED) is 0.426. The molecule has 0 amide bonds. The average Bonchev–Trinajstić information content (AvgIpc) is 3.74. The summed E-state index contributed by atoms with van der Waals surface area (Å²) >= 11 is 6.35. The van der Waals surface area contributed by atoms with Crippen molar-refractivity contribution in [3.63, 3.8) is 0 Å². The van der Waals surface area contributed by atoms with Crippen LogP contribution in [0.4, 0.5) is 17.5 Å². The molecule has 1 saturated heterocycles. The zero-order valence-corrected chi connectivity index (χ0v) is 20.3. The first-order chi connectivity index (χ1) is 16.0. The van der Waals surface area contributed by atoms with Crippen molar-refractivity contribution in [2.75, 3.05) is 43.2 Å². The number of halogens is 1. The van der Waals surface area contributed by atoms with Gasteiger partial charge in [-0.25, -0.2) is 0 Å². The molecule has 3 heterocycles. The number of hydrogen-bond donors (Lipinski definition) is 3. The molecule has 2 aliphatic carbocycles. The fraction of sp³-hybridized carbons (Fsp3) is 0.478. The summed E-state index contributed by atoms with van der Waals surface area (Å²) in [6.07, 6.45) is 8.04. The Morgan fingerprint density at radius 1 is 1.18 bits per heavy atom. The van der Waals surface area contributed by atoms with Gasteiger partial charge in [0.05, 0.1) is 23.2 Å². The Morgan fingerprint density at radius 3 is 2.67 bits per heavy atom. The molecular weight excluding hydrogens is 459 g/mol. The summed E-state index contributed by atoms with van der Waals surface area (Å²) in [4.78, 5) is 14.9. The first-order valence-electron chi connectivity index (χ1n) is 11.6. The van der Waals surface area contributed by atoms with Gasteiger partial charge in [0.15, 0.2) is 0 Å². The van der Waals surface area contributed by atoms with E-state index in [1.54, 1.807) is 13.3 Å². The van der Waals surface area contributed by atoms with E-state index in [9.17, 15) is 4.57 Å². The number of nitrogens with one attached hydrogen (secondary N) is 3. The van der Waals surface area contributed by atoms with Crippen molar-refractivity contribution >= 4 is 52.5 Å². The molecule has 3 N–H and O–H groups in total. The Morgan fingerprint density at radius 2 is 1.97 bits per heavy atom. The number of methoxy groups -OCH3 is 1.